The molecule has 2 aliphatic heterocycles. The van der Waals surface area contributed by atoms with Crippen LogP contribution in [0.5, 0.6) is 0 Å². The van der Waals surface area contributed by atoms with Gasteiger partial charge < -0.3 is 20.6 Å². The number of aromatic nitrogens is 5. The predicted molar refractivity (Wildman–Crippen MR) is 114 cm³/mol. The summed E-state index contributed by atoms with van der Waals surface area (Å²) in [6, 6.07) is 3.95. The SMILES string of the molecule is CN1Cc2nn(C)c(CO)c2-c2nnc(N)c(n2)N2CCC[C@@H]2c2cc(F)ccc2C1=O. The molecule has 2 bridgehead atoms. The number of halogens is 1. The largest absolute Gasteiger partial charge is 0.390 e. The highest BCUT2D eigenvalue weighted by atomic mass is 19.1. The maximum absolute atomic E-state index is 14.3. The van der Waals surface area contributed by atoms with Crippen molar-refractivity contribution in [1.82, 2.24) is 29.9 Å². The third-order valence-electron chi connectivity index (χ3n) is 6.17. The summed E-state index contributed by atoms with van der Waals surface area (Å²) < 4.78 is 15.8. The number of amides is 1. The van der Waals surface area contributed by atoms with Gasteiger partial charge in [0.25, 0.3) is 5.91 Å². The van der Waals surface area contributed by atoms with Crippen LogP contribution in [-0.4, -0.2) is 54.5 Å². The number of aryl methyl sites for hydroxylation is 1. The van der Waals surface area contributed by atoms with E-state index >= 15 is 0 Å². The summed E-state index contributed by atoms with van der Waals surface area (Å²) in [6.45, 7) is 0.490. The number of carbonyl (C=O) groups excluding carboxylic acids is 1. The van der Waals surface area contributed by atoms with E-state index in [-0.39, 0.29) is 36.7 Å². The van der Waals surface area contributed by atoms with E-state index in [1.807, 2.05) is 4.90 Å². The van der Waals surface area contributed by atoms with E-state index < -0.39 is 5.82 Å². The number of nitrogen functional groups attached to an aromatic ring is 1. The number of carbonyl (C=O) groups is 1. The third-order valence-corrected chi connectivity index (χ3v) is 6.17. The fraction of sp³-hybridized carbons (Fsp3) is 0.381. The van der Waals surface area contributed by atoms with E-state index in [0.717, 1.165) is 6.42 Å². The molecule has 1 amide bonds. The van der Waals surface area contributed by atoms with Gasteiger partial charge in [0.05, 0.1) is 36.1 Å². The van der Waals surface area contributed by atoms with E-state index in [1.165, 1.54) is 23.1 Å². The summed E-state index contributed by atoms with van der Waals surface area (Å²) in [5.74, 6) is 0.188. The van der Waals surface area contributed by atoms with Crippen LogP contribution in [0.2, 0.25) is 0 Å². The van der Waals surface area contributed by atoms with Crippen LogP contribution in [0.4, 0.5) is 16.0 Å². The minimum atomic E-state index is -0.410. The summed E-state index contributed by atoms with van der Waals surface area (Å²) >= 11 is 0. The van der Waals surface area contributed by atoms with Gasteiger partial charge >= 0.3 is 0 Å². The molecule has 5 rings (SSSR count). The van der Waals surface area contributed by atoms with Crippen molar-refractivity contribution >= 4 is 17.5 Å². The Balaban J connectivity index is 1.79. The molecule has 0 spiro atoms. The van der Waals surface area contributed by atoms with Crippen molar-refractivity contribution < 1.29 is 14.3 Å². The van der Waals surface area contributed by atoms with Crippen LogP contribution in [0.1, 0.15) is 46.2 Å². The van der Waals surface area contributed by atoms with E-state index in [0.29, 0.717) is 46.9 Å². The Labute approximate surface area is 183 Å². The van der Waals surface area contributed by atoms with Gasteiger partial charge in [0.2, 0.25) is 0 Å². The summed E-state index contributed by atoms with van der Waals surface area (Å²) in [7, 11) is 3.37. The monoisotopic (exact) mass is 438 g/mol. The number of hydrogen-bond donors (Lipinski definition) is 2. The predicted octanol–water partition coefficient (Wildman–Crippen LogP) is 1.41. The second-order valence-corrected chi connectivity index (χ2v) is 8.14. The van der Waals surface area contributed by atoms with Gasteiger partial charge in [-0.2, -0.15) is 5.10 Å². The number of hydrogen-bond acceptors (Lipinski definition) is 8. The minimum Gasteiger partial charge on any atom is -0.390 e. The fourth-order valence-corrected chi connectivity index (χ4v) is 4.66. The van der Waals surface area contributed by atoms with Gasteiger partial charge in [0.15, 0.2) is 17.5 Å². The molecule has 2 aromatic heterocycles. The highest BCUT2D eigenvalue weighted by molar-refractivity contribution is 5.96. The van der Waals surface area contributed by atoms with Crippen LogP contribution in [0.25, 0.3) is 11.4 Å². The van der Waals surface area contributed by atoms with Crippen molar-refractivity contribution in [3.05, 3.63) is 46.5 Å². The van der Waals surface area contributed by atoms with Crippen molar-refractivity contribution in [3.63, 3.8) is 0 Å². The molecule has 0 aliphatic carbocycles. The minimum absolute atomic E-state index is 0.148. The van der Waals surface area contributed by atoms with Crippen LogP contribution < -0.4 is 10.6 Å². The molecule has 11 heteroatoms. The molecule has 1 fully saturated rings. The highest BCUT2D eigenvalue weighted by Crippen LogP contribution is 2.40. The molecular formula is C21H23FN8O2. The summed E-state index contributed by atoms with van der Waals surface area (Å²) in [5, 5.41) is 22.8. The number of fused-ring (bicyclic) bond motifs is 8. The lowest BCUT2D eigenvalue weighted by atomic mass is 9.97. The summed E-state index contributed by atoms with van der Waals surface area (Å²) in [4.78, 5) is 21.6. The molecule has 4 heterocycles. The smallest absolute Gasteiger partial charge is 0.254 e. The number of aliphatic hydroxyl groups is 1. The van der Waals surface area contributed by atoms with Gasteiger partial charge in [-0.25, -0.2) is 9.37 Å². The molecule has 1 saturated heterocycles. The third kappa shape index (κ3) is 3.08. The zero-order valence-electron chi connectivity index (χ0n) is 17.8. The van der Waals surface area contributed by atoms with Crippen molar-refractivity contribution in [3.8, 4) is 11.4 Å². The Morgan fingerprint density at radius 3 is 2.88 bits per heavy atom. The zero-order chi connectivity index (χ0) is 22.6. The zero-order valence-corrected chi connectivity index (χ0v) is 17.8. The first-order chi connectivity index (χ1) is 15.4. The first-order valence-electron chi connectivity index (χ1n) is 10.4. The Bertz CT molecular complexity index is 1230. The lowest BCUT2D eigenvalue weighted by Gasteiger charge is -2.29. The maximum Gasteiger partial charge on any atom is 0.254 e. The Hall–Kier alpha value is -3.60. The molecule has 0 unspecified atom stereocenters. The molecule has 0 radical (unpaired) electrons. The molecule has 10 nitrogen and oxygen atoms in total. The Morgan fingerprint density at radius 2 is 2.09 bits per heavy atom. The lowest BCUT2D eigenvalue weighted by Crippen LogP contribution is -2.31. The van der Waals surface area contributed by atoms with E-state index in [2.05, 4.69) is 15.3 Å². The van der Waals surface area contributed by atoms with Crippen LogP contribution in [0.3, 0.4) is 0 Å². The van der Waals surface area contributed by atoms with Gasteiger partial charge in [-0.3, -0.25) is 9.48 Å². The van der Waals surface area contributed by atoms with Crippen molar-refractivity contribution in [2.45, 2.75) is 32.0 Å². The van der Waals surface area contributed by atoms with E-state index in [4.69, 9.17) is 10.7 Å². The van der Waals surface area contributed by atoms with Crippen LogP contribution in [0.15, 0.2) is 18.2 Å². The lowest BCUT2D eigenvalue weighted by molar-refractivity contribution is 0.0781. The number of nitrogens with two attached hydrogens (primary N) is 1. The number of anilines is 2. The quantitative estimate of drug-likeness (QED) is 0.584. The van der Waals surface area contributed by atoms with Gasteiger partial charge in [0.1, 0.15) is 5.82 Å². The average Bonchev–Trinajstić information content (AvgIpc) is 3.37. The molecule has 1 atom stereocenters. The van der Waals surface area contributed by atoms with Crippen molar-refractivity contribution in [1.29, 1.82) is 0 Å². The Morgan fingerprint density at radius 1 is 1.28 bits per heavy atom. The molecule has 0 saturated carbocycles. The van der Waals surface area contributed by atoms with Crippen LogP contribution in [0, 0.1) is 5.82 Å². The second-order valence-electron chi connectivity index (χ2n) is 8.14. The number of rotatable bonds is 1. The number of benzene rings is 1. The molecule has 166 valence electrons. The molecule has 3 N–H and O–H groups in total. The molecule has 2 aliphatic rings. The summed E-state index contributed by atoms with van der Waals surface area (Å²) in [6.07, 6.45) is 1.54. The normalized spacial score (nSPS) is 18.0. The van der Waals surface area contributed by atoms with E-state index in [1.54, 1.807) is 18.8 Å². The average molecular weight is 438 g/mol. The molecule has 1 aromatic carbocycles. The van der Waals surface area contributed by atoms with Gasteiger partial charge in [-0.1, -0.05) is 0 Å². The van der Waals surface area contributed by atoms with Crippen LogP contribution in [-0.2, 0) is 20.2 Å². The summed E-state index contributed by atoms with van der Waals surface area (Å²) in [5.41, 5.74) is 8.74. The number of nitrogens with zero attached hydrogens (tertiary/aromatic N) is 7. The second kappa shape index (κ2) is 7.52. The van der Waals surface area contributed by atoms with Crippen molar-refractivity contribution in [2.75, 3.05) is 24.2 Å². The molecular weight excluding hydrogens is 415 g/mol. The van der Waals surface area contributed by atoms with Gasteiger partial charge in [-0.15, -0.1) is 10.2 Å². The fourth-order valence-electron chi connectivity index (χ4n) is 4.66. The van der Waals surface area contributed by atoms with Crippen molar-refractivity contribution in [2.24, 2.45) is 7.05 Å². The van der Waals surface area contributed by atoms with Gasteiger partial charge in [-0.05, 0) is 36.6 Å². The molecule has 32 heavy (non-hydrogen) atoms. The van der Waals surface area contributed by atoms with Gasteiger partial charge in [0, 0.05) is 26.2 Å². The molecule has 3 aromatic rings. The topological polar surface area (TPSA) is 126 Å². The number of aliphatic hydroxyl groups excluding tert-OH is 1. The maximum atomic E-state index is 14.3. The highest BCUT2D eigenvalue weighted by Gasteiger charge is 2.34. The first-order valence-corrected chi connectivity index (χ1v) is 10.4. The van der Waals surface area contributed by atoms with Crippen LogP contribution >= 0.6 is 0 Å². The standard InChI is InChI=1S/C21H23FN8O2/c1-28-9-14-17(16(10-31)29(2)27-14)19-24-20(18(23)25-26-19)30-7-3-4-15(30)13-8-11(22)5-6-12(13)21(28)32/h5-6,8,15,31H,3-4,7,9-10H2,1-2H3,(H2,23,25)/t15-/m1/s1. The Kier molecular flexibility index (Phi) is 4.77. The first kappa shape index (κ1) is 20.3. The van der Waals surface area contributed by atoms with E-state index in [9.17, 15) is 14.3 Å².